The number of thioether (sulfide) groups is 1. The third-order valence-electron chi connectivity index (χ3n) is 2.19. The Hall–Kier alpha value is -1.89. The number of aliphatic carboxylic acids is 1. The van der Waals surface area contributed by atoms with Gasteiger partial charge in [0.2, 0.25) is 11.6 Å². The first kappa shape index (κ1) is 11.6. The summed E-state index contributed by atoms with van der Waals surface area (Å²) in [7, 11) is 0. The number of hydrogen-bond donors (Lipinski definition) is 2. The normalized spacial score (nSPS) is 14.5. The van der Waals surface area contributed by atoms with Crippen molar-refractivity contribution in [2.45, 2.75) is 6.42 Å². The Kier molecular flexibility index (Phi) is 3.10. The summed E-state index contributed by atoms with van der Waals surface area (Å²) in [4.78, 5) is 34.0. The van der Waals surface area contributed by atoms with Crippen molar-refractivity contribution in [3.8, 4) is 0 Å². The molecule has 0 aromatic carbocycles. The van der Waals surface area contributed by atoms with Crippen LogP contribution in [-0.4, -0.2) is 38.6 Å². The molecule has 1 aromatic heterocycles. The van der Waals surface area contributed by atoms with E-state index in [0.717, 1.165) is 11.8 Å². The van der Waals surface area contributed by atoms with Crippen LogP contribution < -0.4 is 0 Å². The monoisotopic (exact) mass is 252 g/mol. The fourth-order valence-electron chi connectivity index (χ4n) is 1.39. The molecule has 6 nitrogen and oxygen atoms in total. The Labute approximate surface area is 100 Å². The molecule has 0 bridgehead atoms. The largest absolute Gasteiger partial charge is 0.481 e. The van der Waals surface area contributed by atoms with Gasteiger partial charge < -0.3 is 5.11 Å². The third kappa shape index (κ3) is 2.28. The average Bonchev–Trinajstić information content (AvgIpc) is 2.74. The molecule has 2 rings (SSSR count). The van der Waals surface area contributed by atoms with Gasteiger partial charge in [0, 0.05) is 11.8 Å². The predicted octanol–water partition coefficient (Wildman–Crippen LogP) is 0.880. The van der Waals surface area contributed by atoms with Crippen LogP contribution in [-0.2, 0) is 4.79 Å². The highest BCUT2D eigenvalue weighted by molar-refractivity contribution is 8.04. The minimum Gasteiger partial charge on any atom is -0.481 e. The maximum atomic E-state index is 11.9. The number of aromatic nitrogens is 2. The van der Waals surface area contributed by atoms with Crippen LogP contribution in [0.3, 0.4) is 0 Å². The van der Waals surface area contributed by atoms with Crippen molar-refractivity contribution in [1.29, 1.82) is 0 Å². The molecule has 0 unspecified atom stereocenters. The molecule has 0 saturated heterocycles. The predicted molar refractivity (Wildman–Crippen MR) is 60.0 cm³/mol. The van der Waals surface area contributed by atoms with Gasteiger partial charge in [-0.05, 0) is 0 Å². The van der Waals surface area contributed by atoms with Gasteiger partial charge >= 0.3 is 5.97 Å². The molecule has 88 valence electrons. The van der Waals surface area contributed by atoms with Gasteiger partial charge in [-0.1, -0.05) is 0 Å². The second kappa shape index (κ2) is 4.54. The zero-order valence-corrected chi connectivity index (χ0v) is 9.41. The second-order valence-electron chi connectivity index (χ2n) is 3.35. The van der Waals surface area contributed by atoms with Crippen LogP contribution in [0.1, 0.15) is 27.3 Å². The zero-order chi connectivity index (χ0) is 12.4. The van der Waals surface area contributed by atoms with E-state index in [9.17, 15) is 14.4 Å². The lowest BCUT2D eigenvalue weighted by Crippen LogP contribution is -2.14. The summed E-state index contributed by atoms with van der Waals surface area (Å²) < 4.78 is 0. The van der Waals surface area contributed by atoms with E-state index < -0.39 is 5.97 Å². The number of carboxylic acid groups (broad SMARTS) is 1. The van der Waals surface area contributed by atoms with E-state index >= 15 is 0 Å². The second-order valence-corrected chi connectivity index (χ2v) is 4.49. The molecular formula is C10H8N2O4S. The smallest absolute Gasteiger partial charge is 0.304 e. The number of rotatable bonds is 4. The van der Waals surface area contributed by atoms with Gasteiger partial charge in [0.25, 0.3) is 0 Å². The molecule has 1 aliphatic rings. The molecule has 17 heavy (non-hydrogen) atoms. The van der Waals surface area contributed by atoms with Crippen LogP contribution in [0.4, 0.5) is 0 Å². The van der Waals surface area contributed by atoms with E-state index in [1.807, 2.05) is 0 Å². The number of H-pyrrole nitrogens is 1. The number of allylic oxidation sites excluding steroid dienone is 2. The number of nitrogens with zero attached hydrogens (tertiary/aromatic N) is 1. The van der Waals surface area contributed by atoms with E-state index in [2.05, 4.69) is 10.2 Å². The van der Waals surface area contributed by atoms with Crippen LogP contribution >= 0.6 is 11.8 Å². The quantitative estimate of drug-likeness (QED) is 0.825. The first-order chi connectivity index (χ1) is 8.09. The molecule has 0 saturated carbocycles. The van der Waals surface area contributed by atoms with Gasteiger partial charge in [-0.3, -0.25) is 19.5 Å². The number of fused-ring (bicyclic) bond motifs is 1. The third-order valence-corrected chi connectivity index (χ3v) is 3.21. The molecule has 2 N–H and O–H groups in total. The maximum Gasteiger partial charge on any atom is 0.304 e. The number of hydrogen-bond acceptors (Lipinski definition) is 5. The fourth-order valence-corrected chi connectivity index (χ4v) is 2.32. The minimum absolute atomic E-state index is 0.0538. The highest BCUT2D eigenvalue weighted by Gasteiger charge is 2.27. The van der Waals surface area contributed by atoms with Gasteiger partial charge in [0.15, 0.2) is 0 Å². The van der Waals surface area contributed by atoms with Crippen LogP contribution in [0, 0.1) is 0 Å². The first-order valence-electron chi connectivity index (χ1n) is 4.78. The Morgan fingerprint density at radius 1 is 1.47 bits per heavy atom. The number of aromatic amines is 1. The Morgan fingerprint density at radius 2 is 2.24 bits per heavy atom. The lowest BCUT2D eigenvalue weighted by molar-refractivity contribution is -0.136. The lowest BCUT2D eigenvalue weighted by Gasteiger charge is -2.09. The topological polar surface area (TPSA) is 100 Å². The molecule has 0 atom stereocenters. The number of carbonyl (C=O) groups is 3. The molecule has 0 radical (unpaired) electrons. The molecule has 1 aromatic rings. The van der Waals surface area contributed by atoms with E-state index in [4.69, 9.17) is 5.11 Å². The average molecular weight is 252 g/mol. The number of carboxylic acids is 1. The van der Waals surface area contributed by atoms with Gasteiger partial charge in [-0.25, -0.2) is 0 Å². The Bertz CT molecular complexity index is 532. The molecule has 0 aliphatic heterocycles. The first-order valence-corrected chi connectivity index (χ1v) is 5.77. The molecule has 0 amide bonds. The summed E-state index contributed by atoms with van der Waals surface area (Å²) >= 11 is 1.07. The van der Waals surface area contributed by atoms with E-state index in [0.29, 0.717) is 0 Å². The van der Waals surface area contributed by atoms with Gasteiger partial charge in [-0.15, -0.1) is 11.8 Å². The summed E-state index contributed by atoms with van der Waals surface area (Å²) in [6, 6.07) is 0. The van der Waals surface area contributed by atoms with Gasteiger partial charge in [-0.2, -0.15) is 5.10 Å². The zero-order valence-electron chi connectivity index (χ0n) is 8.60. The summed E-state index contributed by atoms with van der Waals surface area (Å²) in [6.45, 7) is 0. The van der Waals surface area contributed by atoms with Crippen molar-refractivity contribution in [2.75, 3.05) is 5.75 Å². The van der Waals surface area contributed by atoms with Crippen molar-refractivity contribution in [3.63, 3.8) is 0 Å². The highest BCUT2D eigenvalue weighted by atomic mass is 32.2. The molecule has 0 fully saturated rings. The van der Waals surface area contributed by atoms with E-state index in [1.165, 1.54) is 12.3 Å². The number of Topliss-reactive ketones (excluding diaryl/α,β-unsaturated/α-hetero) is 1. The SMILES string of the molecule is O=C(O)CCSC1=CC(=O)c2[nH]ncc2C1=O. The lowest BCUT2D eigenvalue weighted by atomic mass is 10.0. The number of nitrogens with one attached hydrogen (secondary N) is 1. The van der Waals surface area contributed by atoms with Crippen molar-refractivity contribution in [3.05, 3.63) is 28.4 Å². The van der Waals surface area contributed by atoms with Gasteiger partial charge in [0.1, 0.15) is 5.69 Å². The molecule has 0 spiro atoms. The number of carbonyl (C=O) groups excluding carboxylic acids is 2. The fraction of sp³-hybridized carbons (Fsp3) is 0.200. The van der Waals surface area contributed by atoms with Crippen LogP contribution in [0.25, 0.3) is 0 Å². The van der Waals surface area contributed by atoms with Crippen LogP contribution in [0.15, 0.2) is 17.2 Å². The summed E-state index contributed by atoms with van der Waals surface area (Å²) in [5.41, 5.74) is 0.438. The van der Waals surface area contributed by atoms with Crippen LogP contribution in [0.5, 0.6) is 0 Å². The van der Waals surface area contributed by atoms with E-state index in [1.54, 1.807) is 0 Å². The standard InChI is InChI=1S/C10H8N2O4S/c13-6-3-7(17-2-1-8(14)15)10(16)5-4-11-12-9(5)6/h3-4H,1-2H2,(H,11,12)(H,14,15). The van der Waals surface area contributed by atoms with Crippen LogP contribution in [0.2, 0.25) is 0 Å². The summed E-state index contributed by atoms with van der Waals surface area (Å²) in [6.07, 6.45) is 2.47. The molecular weight excluding hydrogens is 244 g/mol. The Balaban J connectivity index is 2.12. The number of ketones is 2. The van der Waals surface area contributed by atoms with Crippen molar-refractivity contribution in [1.82, 2.24) is 10.2 Å². The van der Waals surface area contributed by atoms with E-state index in [-0.39, 0.29) is 39.9 Å². The summed E-state index contributed by atoms with van der Waals surface area (Å²) in [5, 5.41) is 14.6. The highest BCUT2D eigenvalue weighted by Crippen LogP contribution is 2.27. The summed E-state index contributed by atoms with van der Waals surface area (Å²) in [5.74, 6) is -1.27. The Morgan fingerprint density at radius 3 is 2.94 bits per heavy atom. The minimum atomic E-state index is -0.934. The van der Waals surface area contributed by atoms with Crippen molar-refractivity contribution < 1.29 is 19.5 Å². The van der Waals surface area contributed by atoms with Crippen molar-refractivity contribution >= 4 is 29.3 Å². The van der Waals surface area contributed by atoms with Gasteiger partial charge in [0.05, 0.1) is 23.1 Å². The molecule has 1 aliphatic carbocycles. The molecule has 1 heterocycles. The van der Waals surface area contributed by atoms with Crippen molar-refractivity contribution in [2.24, 2.45) is 0 Å². The molecule has 7 heteroatoms. The maximum absolute atomic E-state index is 11.9.